The normalized spacial score (nSPS) is 45.7. The Labute approximate surface area is 105 Å². The molecule has 0 aliphatic heterocycles. The van der Waals surface area contributed by atoms with Crippen molar-refractivity contribution in [3.63, 3.8) is 0 Å². The van der Waals surface area contributed by atoms with E-state index < -0.39 is 30.4 Å². The van der Waals surface area contributed by atoms with E-state index in [1.807, 2.05) is 0 Å². The van der Waals surface area contributed by atoms with E-state index in [9.17, 15) is 18.0 Å². The quantitative estimate of drug-likeness (QED) is 0.830. The average molecular weight is 264 g/mol. The smallest absolute Gasteiger partial charge is 0.306 e. The SMILES string of the molecule is O=C(O)C1CCC(C2CCC(F)C(F)C2)C(F)C1. The molecule has 1 N–H and O–H groups in total. The van der Waals surface area contributed by atoms with Gasteiger partial charge in [0.2, 0.25) is 0 Å². The highest BCUT2D eigenvalue weighted by Crippen LogP contribution is 2.42. The van der Waals surface area contributed by atoms with E-state index >= 15 is 0 Å². The second-order valence-corrected chi connectivity index (χ2v) is 5.63. The van der Waals surface area contributed by atoms with Gasteiger partial charge in [-0.3, -0.25) is 4.79 Å². The van der Waals surface area contributed by atoms with Gasteiger partial charge in [-0.15, -0.1) is 0 Å². The molecular formula is C13H19F3O2. The Morgan fingerprint density at radius 1 is 0.889 bits per heavy atom. The average Bonchev–Trinajstić information content (AvgIpc) is 2.32. The summed E-state index contributed by atoms with van der Waals surface area (Å²) in [6.45, 7) is 0. The molecule has 0 radical (unpaired) electrons. The molecule has 5 heteroatoms. The van der Waals surface area contributed by atoms with Crippen LogP contribution in [-0.2, 0) is 4.79 Å². The summed E-state index contributed by atoms with van der Waals surface area (Å²) in [5.74, 6) is -1.98. The van der Waals surface area contributed by atoms with Gasteiger partial charge in [0.1, 0.15) is 18.5 Å². The van der Waals surface area contributed by atoms with Crippen molar-refractivity contribution >= 4 is 5.97 Å². The highest BCUT2D eigenvalue weighted by atomic mass is 19.2. The third-order valence-electron chi connectivity index (χ3n) is 4.51. The summed E-state index contributed by atoms with van der Waals surface area (Å²) >= 11 is 0. The summed E-state index contributed by atoms with van der Waals surface area (Å²) in [6.07, 6.45) is -2.35. The second-order valence-electron chi connectivity index (χ2n) is 5.63. The molecule has 0 aromatic heterocycles. The monoisotopic (exact) mass is 264 g/mol. The molecule has 104 valence electrons. The Morgan fingerprint density at radius 3 is 2.17 bits per heavy atom. The molecule has 0 saturated heterocycles. The molecule has 0 spiro atoms. The van der Waals surface area contributed by atoms with Crippen molar-refractivity contribution < 1.29 is 23.1 Å². The van der Waals surface area contributed by atoms with Gasteiger partial charge in [-0.2, -0.15) is 0 Å². The van der Waals surface area contributed by atoms with E-state index in [0.29, 0.717) is 19.3 Å². The number of carboxylic acid groups (broad SMARTS) is 1. The predicted octanol–water partition coefficient (Wildman–Crippen LogP) is 3.30. The van der Waals surface area contributed by atoms with Crippen LogP contribution in [0.15, 0.2) is 0 Å². The highest BCUT2D eigenvalue weighted by molar-refractivity contribution is 5.70. The van der Waals surface area contributed by atoms with Crippen LogP contribution in [0.3, 0.4) is 0 Å². The topological polar surface area (TPSA) is 37.3 Å². The lowest BCUT2D eigenvalue weighted by atomic mass is 9.69. The third kappa shape index (κ3) is 2.81. The van der Waals surface area contributed by atoms with Crippen LogP contribution in [0.2, 0.25) is 0 Å². The Balaban J connectivity index is 1.92. The van der Waals surface area contributed by atoms with Crippen molar-refractivity contribution in [2.24, 2.45) is 17.8 Å². The summed E-state index contributed by atoms with van der Waals surface area (Å²) in [5.41, 5.74) is 0. The first-order chi connectivity index (χ1) is 8.49. The zero-order chi connectivity index (χ0) is 13.3. The van der Waals surface area contributed by atoms with Crippen LogP contribution in [0.4, 0.5) is 13.2 Å². The number of carboxylic acids is 1. The number of halogens is 3. The highest BCUT2D eigenvalue weighted by Gasteiger charge is 2.41. The first-order valence-electron chi connectivity index (χ1n) is 6.64. The van der Waals surface area contributed by atoms with Crippen molar-refractivity contribution in [2.75, 3.05) is 0 Å². The van der Waals surface area contributed by atoms with E-state index in [0.717, 1.165) is 0 Å². The molecule has 2 saturated carbocycles. The van der Waals surface area contributed by atoms with Gasteiger partial charge < -0.3 is 5.11 Å². The molecule has 2 aliphatic carbocycles. The third-order valence-corrected chi connectivity index (χ3v) is 4.51. The molecule has 2 nitrogen and oxygen atoms in total. The van der Waals surface area contributed by atoms with Gasteiger partial charge in [0.05, 0.1) is 5.92 Å². The maximum atomic E-state index is 14.0. The molecule has 0 heterocycles. The van der Waals surface area contributed by atoms with Crippen molar-refractivity contribution in [1.29, 1.82) is 0 Å². The Bertz CT molecular complexity index is 311. The van der Waals surface area contributed by atoms with Crippen LogP contribution in [0, 0.1) is 17.8 Å². The fraction of sp³-hybridized carbons (Fsp3) is 0.923. The van der Waals surface area contributed by atoms with Gasteiger partial charge in [-0.05, 0) is 50.4 Å². The molecule has 2 aliphatic rings. The molecule has 6 atom stereocenters. The van der Waals surface area contributed by atoms with Crippen LogP contribution >= 0.6 is 0 Å². The number of carbonyl (C=O) groups is 1. The Kier molecular flexibility index (Phi) is 4.17. The Hall–Kier alpha value is -0.740. The van der Waals surface area contributed by atoms with Crippen LogP contribution in [0.1, 0.15) is 38.5 Å². The predicted molar refractivity (Wildman–Crippen MR) is 60.5 cm³/mol. The number of hydrogen-bond acceptors (Lipinski definition) is 1. The summed E-state index contributed by atoms with van der Waals surface area (Å²) in [4.78, 5) is 10.8. The lowest BCUT2D eigenvalue weighted by Gasteiger charge is -2.38. The summed E-state index contributed by atoms with van der Waals surface area (Å²) in [6, 6.07) is 0. The Morgan fingerprint density at radius 2 is 1.61 bits per heavy atom. The van der Waals surface area contributed by atoms with E-state index in [1.54, 1.807) is 0 Å². The van der Waals surface area contributed by atoms with Gasteiger partial charge in [-0.1, -0.05) is 0 Å². The van der Waals surface area contributed by atoms with Crippen molar-refractivity contribution in [3.05, 3.63) is 0 Å². The summed E-state index contributed by atoms with van der Waals surface area (Å²) < 4.78 is 40.3. The fourth-order valence-corrected chi connectivity index (χ4v) is 3.39. The van der Waals surface area contributed by atoms with Crippen molar-refractivity contribution in [3.8, 4) is 0 Å². The lowest BCUT2D eigenvalue weighted by molar-refractivity contribution is -0.144. The molecule has 2 rings (SSSR count). The number of hydrogen-bond donors (Lipinski definition) is 1. The fourth-order valence-electron chi connectivity index (χ4n) is 3.39. The van der Waals surface area contributed by atoms with Gasteiger partial charge >= 0.3 is 5.97 Å². The van der Waals surface area contributed by atoms with E-state index in [4.69, 9.17) is 5.11 Å². The minimum Gasteiger partial charge on any atom is -0.481 e. The summed E-state index contributed by atoms with van der Waals surface area (Å²) in [5, 5.41) is 8.85. The second kappa shape index (κ2) is 5.49. The largest absolute Gasteiger partial charge is 0.481 e. The number of aliphatic carboxylic acids is 1. The first kappa shape index (κ1) is 13.7. The van der Waals surface area contributed by atoms with Gasteiger partial charge in [0.25, 0.3) is 0 Å². The van der Waals surface area contributed by atoms with Crippen LogP contribution in [-0.4, -0.2) is 29.6 Å². The van der Waals surface area contributed by atoms with Gasteiger partial charge in [0.15, 0.2) is 0 Å². The van der Waals surface area contributed by atoms with Crippen LogP contribution in [0.5, 0.6) is 0 Å². The van der Waals surface area contributed by atoms with Gasteiger partial charge in [0, 0.05) is 0 Å². The molecule has 0 amide bonds. The van der Waals surface area contributed by atoms with Crippen molar-refractivity contribution in [2.45, 2.75) is 57.0 Å². The molecule has 0 aromatic rings. The van der Waals surface area contributed by atoms with E-state index in [2.05, 4.69) is 0 Å². The lowest BCUT2D eigenvalue weighted by Crippen LogP contribution is -2.39. The molecule has 0 aromatic carbocycles. The van der Waals surface area contributed by atoms with Gasteiger partial charge in [-0.25, -0.2) is 13.2 Å². The number of alkyl halides is 3. The van der Waals surface area contributed by atoms with Crippen LogP contribution in [0.25, 0.3) is 0 Å². The zero-order valence-corrected chi connectivity index (χ0v) is 10.2. The zero-order valence-electron chi connectivity index (χ0n) is 10.2. The van der Waals surface area contributed by atoms with E-state index in [-0.39, 0.29) is 31.1 Å². The molecule has 18 heavy (non-hydrogen) atoms. The minimum absolute atomic E-state index is 0.0203. The van der Waals surface area contributed by atoms with Crippen molar-refractivity contribution in [1.82, 2.24) is 0 Å². The maximum absolute atomic E-state index is 14.0. The number of rotatable bonds is 2. The van der Waals surface area contributed by atoms with Crippen LogP contribution < -0.4 is 0 Å². The minimum atomic E-state index is -1.48. The molecule has 2 fully saturated rings. The summed E-state index contributed by atoms with van der Waals surface area (Å²) in [7, 11) is 0. The standard InChI is InChI=1S/C13H19F3O2/c14-10-4-2-7(5-12(10)16)9-3-1-8(13(17)18)6-11(9)15/h7-12H,1-6H2,(H,17,18). The van der Waals surface area contributed by atoms with E-state index in [1.165, 1.54) is 0 Å². The molecule has 0 bridgehead atoms. The molecule has 6 unspecified atom stereocenters. The molecular weight excluding hydrogens is 245 g/mol. The first-order valence-corrected chi connectivity index (χ1v) is 6.64. The maximum Gasteiger partial charge on any atom is 0.306 e.